The largest absolute Gasteiger partial charge is 0.496 e. The summed E-state index contributed by atoms with van der Waals surface area (Å²) in [5.41, 5.74) is 7.13. The van der Waals surface area contributed by atoms with Crippen LogP contribution in [0, 0.1) is 0 Å². The smallest absolute Gasteiger partial charge is 0.227 e. The number of hydrogen-bond donors (Lipinski definition) is 1. The van der Waals surface area contributed by atoms with Crippen LogP contribution in [0.4, 0.5) is 0 Å². The van der Waals surface area contributed by atoms with Crippen LogP contribution < -0.4 is 10.5 Å². The van der Waals surface area contributed by atoms with Gasteiger partial charge in [0, 0.05) is 30.3 Å². The van der Waals surface area contributed by atoms with E-state index in [1.807, 2.05) is 4.90 Å². The maximum absolute atomic E-state index is 12.6. The second-order valence-corrected chi connectivity index (χ2v) is 5.73. The minimum atomic E-state index is -0.0193. The first-order valence-corrected chi connectivity index (χ1v) is 7.74. The molecule has 0 aromatic heterocycles. The van der Waals surface area contributed by atoms with Crippen molar-refractivity contribution < 1.29 is 14.3 Å². The van der Waals surface area contributed by atoms with E-state index in [1.54, 1.807) is 25.3 Å². The van der Waals surface area contributed by atoms with Crippen LogP contribution in [0.15, 0.2) is 18.2 Å². The van der Waals surface area contributed by atoms with Crippen LogP contribution in [0.3, 0.4) is 0 Å². The first-order valence-electron chi connectivity index (χ1n) is 7.74. The van der Waals surface area contributed by atoms with Gasteiger partial charge in [0.15, 0.2) is 5.78 Å². The summed E-state index contributed by atoms with van der Waals surface area (Å²) in [5, 5.41) is 0. The first-order chi connectivity index (χ1) is 10.6. The molecule has 1 aliphatic heterocycles. The number of carbonyl (C=O) groups is 2. The van der Waals surface area contributed by atoms with Crippen LogP contribution in [-0.4, -0.2) is 42.8 Å². The van der Waals surface area contributed by atoms with E-state index in [0.717, 1.165) is 31.4 Å². The Kier molecular flexibility index (Phi) is 7.52. The van der Waals surface area contributed by atoms with Gasteiger partial charge in [-0.2, -0.15) is 0 Å². The van der Waals surface area contributed by atoms with E-state index in [-0.39, 0.29) is 36.6 Å². The lowest BCUT2D eigenvalue weighted by Gasteiger charge is -2.35. The van der Waals surface area contributed by atoms with Gasteiger partial charge >= 0.3 is 0 Å². The molecule has 128 valence electrons. The number of likely N-dealkylation sites (tertiary alicyclic amines) is 1. The van der Waals surface area contributed by atoms with Gasteiger partial charge in [0.05, 0.1) is 13.5 Å². The van der Waals surface area contributed by atoms with Gasteiger partial charge < -0.3 is 15.4 Å². The van der Waals surface area contributed by atoms with Crippen molar-refractivity contribution in [2.45, 2.75) is 38.6 Å². The monoisotopic (exact) mass is 340 g/mol. The molecular weight excluding hydrogens is 316 g/mol. The highest BCUT2D eigenvalue weighted by Crippen LogP contribution is 2.23. The van der Waals surface area contributed by atoms with Gasteiger partial charge in [-0.15, -0.1) is 12.4 Å². The van der Waals surface area contributed by atoms with Crippen LogP contribution in [0.2, 0.25) is 0 Å². The summed E-state index contributed by atoms with van der Waals surface area (Å²) in [4.78, 5) is 26.0. The number of benzene rings is 1. The van der Waals surface area contributed by atoms with Crippen molar-refractivity contribution in [1.82, 2.24) is 4.90 Å². The Morgan fingerprint density at radius 1 is 1.35 bits per heavy atom. The molecule has 2 N–H and O–H groups in total. The molecule has 0 bridgehead atoms. The van der Waals surface area contributed by atoms with Crippen molar-refractivity contribution >= 4 is 24.1 Å². The van der Waals surface area contributed by atoms with E-state index >= 15 is 0 Å². The molecule has 0 radical (unpaired) electrons. The Hall–Kier alpha value is -1.59. The third kappa shape index (κ3) is 4.69. The summed E-state index contributed by atoms with van der Waals surface area (Å²) in [6, 6.07) is 5.35. The van der Waals surface area contributed by atoms with Gasteiger partial charge in [0.2, 0.25) is 5.91 Å². The number of nitrogens with two attached hydrogens (primary N) is 1. The number of hydrogen-bond acceptors (Lipinski definition) is 4. The van der Waals surface area contributed by atoms with Gasteiger partial charge in [0.25, 0.3) is 0 Å². The first kappa shape index (κ1) is 19.5. The van der Waals surface area contributed by atoms with Gasteiger partial charge in [-0.3, -0.25) is 9.59 Å². The normalized spacial score (nSPS) is 17.3. The van der Waals surface area contributed by atoms with Crippen molar-refractivity contribution in [3.8, 4) is 5.75 Å². The zero-order chi connectivity index (χ0) is 16.1. The SMILES string of the molecule is COc1ccc(C(C)=O)cc1CC(=O)N1CCCCC1CN.Cl. The Bertz CT molecular complexity index is 563. The highest BCUT2D eigenvalue weighted by molar-refractivity contribution is 5.94. The van der Waals surface area contributed by atoms with Crippen LogP contribution in [-0.2, 0) is 11.2 Å². The second kappa shape index (κ2) is 8.89. The van der Waals surface area contributed by atoms with E-state index in [0.29, 0.717) is 17.9 Å². The highest BCUT2D eigenvalue weighted by atomic mass is 35.5. The predicted molar refractivity (Wildman–Crippen MR) is 92.4 cm³/mol. The zero-order valence-electron chi connectivity index (χ0n) is 13.7. The number of halogens is 1. The van der Waals surface area contributed by atoms with E-state index in [9.17, 15) is 9.59 Å². The third-order valence-corrected chi connectivity index (χ3v) is 4.25. The number of amides is 1. The van der Waals surface area contributed by atoms with E-state index in [4.69, 9.17) is 10.5 Å². The Labute approximate surface area is 143 Å². The number of rotatable bonds is 5. The van der Waals surface area contributed by atoms with Crippen molar-refractivity contribution in [3.05, 3.63) is 29.3 Å². The van der Waals surface area contributed by atoms with Crippen LogP contribution in [0.5, 0.6) is 5.75 Å². The number of methoxy groups -OCH3 is 1. The highest BCUT2D eigenvalue weighted by Gasteiger charge is 2.26. The summed E-state index contributed by atoms with van der Waals surface area (Å²) in [6.45, 7) is 2.77. The zero-order valence-corrected chi connectivity index (χ0v) is 14.5. The molecule has 0 spiro atoms. The fraction of sp³-hybridized carbons (Fsp3) is 0.529. The maximum Gasteiger partial charge on any atom is 0.227 e. The lowest BCUT2D eigenvalue weighted by atomic mass is 9.99. The molecule has 1 heterocycles. The van der Waals surface area contributed by atoms with Crippen molar-refractivity contribution in [2.75, 3.05) is 20.2 Å². The number of ether oxygens (including phenoxy) is 1. The van der Waals surface area contributed by atoms with Crippen molar-refractivity contribution in [1.29, 1.82) is 0 Å². The molecule has 2 rings (SSSR count). The fourth-order valence-electron chi connectivity index (χ4n) is 2.97. The van der Waals surface area contributed by atoms with Crippen LogP contribution in [0.1, 0.15) is 42.1 Å². The van der Waals surface area contributed by atoms with E-state index < -0.39 is 0 Å². The molecule has 1 aliphatic rings. The fourth-order valence-corrected chi connectivity index (χ4v) is 2.97. The second-order valence-electron chi connectivity index (χ2n) is 5.73. The number of Topliss-reactive ketones (excluding diaryl/α,β-unsaturated/α-hetero) is 1. The Morgan fingerprint density at radius 3 is 2.70 bits per heavy atom. The van der Waals surface area contributed by atoms with Gasteiger partial charge in [-0.25, -0.2) is 0 Å². The molecule has 1 saturated heterocycles. The lowest BCUT2D eigenvalue weighted by molar-refractivity contribution is -0.133. The summed E-state index contributed by atoms with van der Waals surface area (Å²) in [6.07, 6.45) is 3.34. The standard InChI is InChI=1S/C17H24N2O3.ClH/c1-12(20)13-6-7-16(22-2)14(9-13)10-17(21)19-8-4-3-5-15(19)11-18;/h6-7,9,15H,3-5,8,10-11,18H2,1-2H3;1H. The van der Waals surface area contributed by atoms with Gasteiger partial charge in [0.1, 0.15) is 5.75 Å². The number of piperidine rings is 1. The molecule has 1 amide bonds. The van der Waals surface area contributed by atoms with Crippen LogP contribution in [0.25, 0.3) is 0 Å². The molecular formula is C17H25ClN2O3. The summed E-state index contributed by atoms with van der Waals surface area (Å²) < 4.78 is 5.31. The summed E-state index contributed by atoms with van der Waals surface area (Å²) in [5.74, 6) is 0.669. The molecule has 23 heavy (non-hydrogen) atoms. The summed E-state index contributed by atoms with van der Waals surface area (Å²) in [7, 11) is 1.57. The quantitative estimate of drug-likeness (QED) is 0.834. The Balaban J connectivity index is 0.00000264. The topological polar surface area (TPSA) is 72.6 Å². The van der Waals surface area contributed by atoms with E-state index in [2.05, 4.69) is 0 Å². The molecule has 0 aliphatic carbocycles. The Morgan fingerprint density at radius 2 is 2.09 bits per heavy atom. The number of ketones is 1. The molecule has 6 heteroatoms. The molecule has 1 aromatic rings. The average molecular weight is 341 g/mol. The number of carbonyl (C=O) groups excluding carboxylic acids is 2. The lowest BCUT2D eigenvalue weighted by Crippen LogP contribution is -2.48. The van der Waals surface area contributed by atoms with Gasteiger partial charge in [-0.1, -0.05) is 0 Å². The van der Waals surface area contributed by atoms with Crippen molar-refractivity contribution in [3.63, 3.8) is 0 Å². The third-order valence-electron chi connectivity index (χ3n) is 4.25. The molecule has 1 fully saturated rings. The molecule has 5 nitrogen and oxygen atoms in total. The van der Waals surface area contributed by atoms with E-state index in [1.165, 1.54) is 6.92 Å². The molecule has 1 unspecified atom stereocenters. The minimum Gasteiger partial charge on any atom is -0.496 e. The number of nitrogens with zero attached hydrogens (tertiary/aromatic N) is 1. The van der Waals surface area contributed by atoms with Crippen LogP contribution >= 0.6 is 12.4 Å². The molecule has 0 saturated carbocycles. The van der Waals surface area contributed by atoms with Gasteiger partial charge in [-0.05, 0) is 44.4 Å². The molecule has 1 aromatic carbocycles. The minimum absolute atomic E-state index is 0. The molecule has 1 atom stereocenters. The van der Waals surface area contributed by atoms with Crippen molar-refractivity contribution in [2.24, 2.45) is 5.73 Å². The average Bonchev–Trinajstić information content (AvgIpc) is 2.54. The predicted octanol–water partition coefficient (Wildman–Crippen LogP) is 2.20. The summed E-state index contributed by atoms with van der Waals surface area (Å²) >= 11 is 0. The maximum atomic E-state index is 12.6.